The smallest absolute Gasteiger partial charge is 0.316 e. The third-order valence-electron chi connectivity index (χ3n) is 3.48. The van der Waals surface area contributed by atoms with E-state index >= 15 is 0 Å². The number of benzene rings is 2. The molecular weight excluding hydrogens is 260 g/mol. The summed E-state index contributed by atoms with van der Waals surface area (Å²) in [5, 5.41) is 2.05. The van der Waals surface area contributed by atoms with Crippen molar-refractivity contribution in [3.05, 3.63) is 42.5 Å². The summed E-state index contributed by atoms with van der Waals surface area (Å²) in [4.78, 5) is 12.5. The normalized spacial score (nSPS) is 12.4. The molecule has 0 aliphatic rings. The second-order valence-corrected chi connectivity index (χ2v) is 7.49. The maximum atomic E-state index is 12.5. The van der Waals surface area contributed by atoms with Gasteiger partial charge >= 0.3 is 5.97 Å². The van der Waals surface area contributed by atoms with E-state index in [1.165, 1.54) is 0 Å². The predicted octanol–water partition coefficient (Wildman–Crippen LogP) is 5.21. The van der Waals surface area contributed by atoms with Crippen LogP contribution in [0.3, 0.4) is 0 Å². The molecule has 0 heterocycles. The van der Waals surface area contributed by atoms with Crippen LogP contribution in [-0.2, 0) is 4.79 Å². The van der Waals surface area contributed by atoms with Gasteiger partial charge in [0, 0.05) is 5.39 Å². The molecule has 2 rings (SSSR count). The van der Waals surface area contributed by atoms with Gasteiger partial charge in [-0.25, -0.2) is 0 Å². The molecule has 2 aromatic carbocycles. The molecule has 0 radical (unpaired) electrons. The van der Waals surface area contributed by atoms with Gasteiger partial charge in [0.15, 0.2) is 0 Å². The number of carbonyl (C=O) groups is 1. The molecular formula is C19H24O2. The first-order valence-corrected chi connectivity index (χ1v) is 7.39. The van der Waals surface area contributed by atoms with Crippen LogP contribution in [0.15, 0.2) is 42.5 Å². The van der Waals surface area contributed by atoms with Crippen molar-refractivity contribution in [3.63, 3.8) is 0 Å². The first-order chi connectivity index (χ1) is 9.69. The van der Waals surface area contributed by atoms with Gasteiger partial charge in [-0.05, 0) is 37.1 Å². The molecule has 0 saturated heterocycles. The fourth-order valence-electron chi connectivity index (χ4n) is 2.92. The highest BCUT2D eigenvalue weighted by atomic mass is 16.5. The Morgan fingerprint density at radius 1 is 0.952 bits per heavy atom. The van der Waals surface area contributed by atoms with E-state index in [1.54, 1.807) is 0 Å². The van der Waals surface area contributed by atoms with Gasteiger partial charge in [-0.1, -0.05) is 57.2 Å². The van der Waals surface area contributed by atoms with E-state index in [1.807, 2.05) is 56.3 Å². The van der Waals surface area contributed by atoms with E-state index < -0.39 is 5.41 Å². The van der Waals surface area contributed by atoms with Crippen molar-refractivity contribution in [1.29, 1.82) is 0 Å². The zero-order valence-corrected chi connectivity index (χ0v) is 13.6. The van der Waals surface area contributed by atoms with Crippen molar-refractivity contribution < 1.29 is 9.53 Å². The topological polar surface area (TPSA) is 26.3 Å². The molecule has 0 spiro atoms. The summed E-state index contributed by atoms with van der Waals surface area (Å²) in [5.41, 5.74) is -0.420. The highest BCUT2D eigenvalue weighted by Crippen LogP contribution is 2.35. The molecule has 0 bridgehead atoms. The van der Waals surface area contributed by atoms with Crippen LogP contribution >= 0.6 is 0 Å². The van der Waals surface area contributed by atoms with E-state index in [-0.39, 0.29) is 11.4 Å². The fourth-order valence-corrected chi connectivity index (χ4v) is 2.92. The van der Waals surface area contributed by atoms with Crippen LogP contribution < -0.4 is 4.74 Å². The molecule has 0 aliphatic carbocycles. The minimum atomic E-state index is -0.505. The second kappa shape index (κ2) is 5.51. The predicted molar refractivity (Wildman–Crippen MR) is 87.4 cm³/mol. The average molecular weight is 284 g/mol. The Balaban J connectivity index is 2.26. The Kier molecular flexibility index (Phi) is 4.08. The summed E-state index contributed by atoms with van der Waals surface area (Å²) in [7, 11) is 0. The Bertz CT molecular complexity index is 643. The average Bonchev–Trinajstić information content (AvgIpc) is 2.36. The lowest BCUT2D eigenvalue weighted by atomic mass is 9.76. The fraction of sp³-hybridized carbons (Fsp3) is 0.421. The molecule has 2 heteroatoms. The van der Waals surface area contributed by atoms with E-state index in [9.17, 15) is 4.79 Å². The number of rotatable bonds is 3. The number of hydrogen-bond acceptors (Lipinski definition) is 2. The third kappa shape index (κ3) is 3.84. The first-order valence-electron chi connectivity index (χ1n) is 7.39. The lowest BCUT2D eigenvalue weighted by molar-refractivity contribution is -0.145. The van der Waals surface area contributed by atoms with E-state index in [4.69, 9.17) is 4.74 Å². The molecule has 21 heavy (non-hydrogen) atoms. The van der Waals surface area contributed by atoms with Crippen molar-refractivity contribution >= 4 is 16.7 Å². The maximum absolute atomic E-state index is 12.5. The molecule has 0 atom stereocenters. The lowest BCUT2D eigenvalue weighted by Crippen LogP contribution is -2.33. The summed E-state index contributed by atoms with van der Waals surface area (Å²) in [6, 6.07) is 13.7. The zero-order valence-electron chi connectivity index (χ0n) is 13.6. The van der Waals surface area contributed by atoms with Crippen LogP contribution in [0.2, 0.25) is 0 Å². The highest BCUT2D eigenvalue weighted by Gasteiger charge is 2.34. The minimum absolute atomic E-state index is 0.0846. The van der Waals surface area contributed by atoms with Gasteiger partial charge in [-0.3, -0.25) is 4.79 Å². The Labute approximate surface area is 127 Å². The van der Waals surface area contributed by atoms with Gasteiger partial charge in [0.2, 0.25) is 0 Å². The van der Waals surface area contributed by atoms with Gasteiger partial charge in [0.25, 0.3) is 0 Å². The summed E-state index contributed by atoms with van der Waals surface area (Å²) < 4.78 is 5.70. The van der Waals surface area contributed by atoms with Crippen molar-refractivity contribution in [2.75, 3.05) is 0 Å². The molecule has 0 fully saturated rings. The summed E-state index contributed by atoms with van der Waals surface area (Å²) in [6.07, 6.45) is 0.781. The largest absolute Gasteiger partial charge is 0.425 e. The number of hydrogen-bond donors (Lipinski definition) is 0. The quantitative estimate of drug-likeness (QED) is 0.571. The first kappa shape index (κ1) is 15.6. The van der Waals surface area contributed by atoms with Gasteiger partial charge < -0.3 is 4.74 Å². The van der Waals surface area contributed by atoms with Crippen LogP contribution in [0.4, 0.5) is 0 Å². The molecule has 0 saturated carbocycles. The summed E-state index contributed by atoms with van der Waals surface area (Å²) >= 11 is 0. The molecule has 0 aliphatic heterocycles. The third-order valence-corrected chi connectivity index (χ3v) is 3.48. The van der Waals surface area contributed by atoms with Gasteiger partial charge in [0.1, 0.15) is 5.75 Å². The summed E-state index contributed by atoms with van der Waals surface area (Å²) in [6.45, 7) is 10.3. The highest BCUT2D eigenvalue weighted by molar-refractivity contribution is 5.91. The van der Waals surface area contributed by atoms with Crippen LogP contribution in [0.5, 0.6) is 5.75 Å². The van der Waals surface area contributed by atoms with Crippen LogP contribution in [0.1, 0.15) is 41.0 Å². The number of carbonyl (C=O) groups excluding carboxylic acids is 1. The van der Waals surface area contributed by atoms with Gasteiger partial charge in [0.05, 0.1) is 5.41 Å². The van der Waals surface area contributed by atoms with E-state index in [0.717, 1.165) is 17.2 Å². The standard InChI is InChI=1S/C19H24O2/c1-18(2,3)13-19(4,5)17(20)21-16-12-8-10-14-9-6-7-11-15(14)16/h6-12H,13H2,1-5H3. The molecule has 0 amide bonds. The Hall–Kier alpha value is -1.83. The Morgan fingerprint density at radius 3 is 2.24 bits per heavy atom. The summed E-state index contributed by atoms with van der Waals surface area (Å²) in [5.74, 6) is 0.467. The SMILES string of the molecule is CC(C)(C)CC(C)(C)C(=O)Oc1cccc2ccccc12. The maximum Gasteiger partial charge on any atom is 0.316 e. The monoisotopic (exact) mass is 284 g/mol. The van der Waals surface area contributed by atoms with Crippen molar-refractivity contribution in [2.24, 2.45) is 10.8 Å². The molecule has 2 nitrogen and oxygen atoms in total. The van der Waals surface area contributed by atoms with Gasteiger partial charge in [-0.2, -0.15) is 0 Å². The number of fused-ring (bicyclic) bond motifs is 1. The van der Waals surface area contributed by atoms with E-state index in [2.05, 4.69) is 20.8 Å². The van der Waals surface area contributed by atoms with Crippen molar-refractivity contribution in [1.82, 2.24) is 0 Å². The number of ether oxygens (including phenoxy) is 1. The van der Waals surface area contributed by atoms with Crippen molar-refractivity contribution in [2.45, 2.75) is 41.0 Å². The number of esters is 1. The molecule has 0 N–H and O–H groups in total. The van der Waals surface area contributed by atoms with Crippen molar-refractivity contribution in [3.8, 4) is 5.75 Å². The second-order valence-electron chi connectivity index (χ2n) is 7.49. The zero-order chi connectivity index (χ0) is 15.7. The Morgan fingerprint density at radius 2 is 1.57 bits per heavy atom. The molecule has 0 unspecified atom stereocenters. The molecule has 112 valence electrons. The van der Waals surface area contributed by atoms with E-state index in [0.29, 0.717) is 5.75 Å². The lowest BCUT2D eigenvalue weighted by Gasteiger charge is -2.30. The van der Waals surface area contributed by atoms with Crippen LogP contribution in [0, 0.1) is 10.8 Å². The van der Waals surface area contributed by atoms with Crippen LogP contribution in [0.25, 0.3) is 10.8 Å². The minimum Gasteiger partial charge on any atom is -0.425 e. The van der Waals surface area contributed by atoms with Gasteiger partial charge in [-0.15, -0.1) is 0 Å². The molecule has 0 aromatic heterocycles. The van der Waals surface area contributed by atoms with Crippen LogP contribution in [-0.4, -0.2) is 5.97 Å². The molecule has 2 aromatic rings.